The molecule has 4 rings (SSSR count). The van der Waals surface area contributed by atoms with E-state index in [0.717, 1.165) is 0 Å². The monoisotopic (exact) mass is 409 g/mol. The Morgan fingerprint density at radius 1 is 1.21 bits per heavy atom. The van der Waals surface area contributed by atoms with Gasteiger partial charge in [-0.3, -0.25) is 19.0 Å². The third-order valence-corrected chi connectivity index (χ3v) is 5.57. The van der Waals surface area contributed by atoms with Gasteiger partial charge in [0, 0.05) is 19.5 Å². The number of nitrogens with zero attached hydrogens (tertiary/aromatic N) is 4. The second-order valence-electron chi connectivity index (χ2n) is 6.57. The molecule has 29 heavy (non-hydrogen) atoms. The second kappa shape index (κ2) is 7.96. The molecule has 0 aliphatic rings. The number of rotatable bonds is 6. The second-order valence-corrected chi connectivity index (χ2v) is 7.46. The number of carbonyl (C=O) groups excluding carboxylic acids is 1. The molecule has 0 aliphatic carbocycles. The quantitative estimate of drug-likeness (QED) is 0.526. The maximum absolute atomic E-state index is 12.7. The Kier molecular flexibility index (Phi) is 5.22. The van der Waals surface area contributed by atoms with Crippen molar-refractivity contribution in [2.24, 2.45) is 0 Å². The van der Waals surface area contributed by atoms with Crippen molar-refractivity contribution in [1.29, 1.82) is 0 Å². The van der Waals surface area contributed by atoms with Crippen LogP contribution < -0.4 is 11.1 Å². The van der Waals surface area contributed by atoms with E-state index in [1.807, 2.05) is 18.4 Å². The fourth-order valence-electron chi connectivity index (χ4n) is 3.19. The minimum Gasteiger partial charge on any atom is -0.335 e. The summed E-state index contributed by atoms with van der Waals surface area (Å²) >= 11 is 1.41. The van der Waals surface area contributed by atoms with E-state index in [9.17, 15) is 14.4 Å². The van der Waals surface area contributed by atoms with Crippen LogP contribution in [0.3, 0.4) is 0 Å². The van der Waals surface area contributed by atoms with E-state index in [1.54, 1.807) is 29.2 Å². The van der Waals surface area contributed by atoms with Crippen LogP contribution in [0.2, 0.25) is 0 Å². The van der Waals surface area contributed by atoms with Gasteiger partial charge >= 0.3 is 0 Å². The number of carbonyl (C=O) groups is 1. The predicted octanol–water partition coefficient (Wildman–Crippen LogP) is 2.13. The van der Waals surface area contributed by atoms with E-state index in [4.69, 9.17) is 0 Å². The molecular formula is C20H19N5O3S. The van der Waals surface area contributed by atoms with Crippen LogP contribution in [0.5, 0.6) is 0 Å². The molecule has 0 fully saturated rings. The number of benzene rings is 1. The molecule has 0 saturated heterocycles. The lowest BCUT2D eigenvalue weighted by Gasteiger charge is -2.20. The predicted molar refractivity (Wildman–Crippen MR) is 112 cm³/mol. The van der Waals surface area contributed by atoms with Crippen LogP contribution in [0.25, 0.3) is 21.1 Å². The van der Waals surface area contributed by atoms with Crippen LogP contribution in [-0.4, -0.2) is 36.9 Å². The van der Waals surface area contributed by atoms with Gasteiger partial charge in [0.25, 0.3) is 11.1 Å². The third-order valence-electron chi connectivity index (χ3n) is 4.75. The van der Waals surface area contributed by atoms with Crippen LogP contribution in [0.15, 0.2) is 51.6 Å². The van der Waals surface area contributed by atoms with Gasteiger partial charge in [0.05, 0.1) is 29.2 Å². The maximum atomic E-state index is 12.7. The van der Waals surface area contributed by atoms with Gasteiger partial charge in [0.15, 0.2) is 0 Å². The van der Waals surface area contributed by atoms with Gasteiger partial charge in [-0.05, 0) is 30.5 Å². The molecule has 1 amide bonds. The average Bonchev–Trinajstić information content (AvgIpc) is 3.21. The number of aryl methyl sites for hydroxylation is 1. The Labute approximate surface area is 169 Å². The number of thiophene rings is 1. The molecular weight excluding hydrogens is 390 g/mol. The molecule has 148 valence electrons. The highest BCUT2D eigenvalue weighted by Gasteiger charge is 2.15. The largest absolute Gasteiger partial charge is 0.335 e. The SMILES string of the molecule is CCN(Cc1nc2ccccc2c(=O)[nH]1)C(=O)CCn1cnc2sccc2c1=O. The first-order valence-corrected chi connectivity index (χ1v) is 10.1. The molecule has 3 heterocycles. The van der Waals surface area contributed by atoms with E-state index in [0.29, 0.717) is 33.5 Å². The lowest BCUT2D eigenvalue weighted by molar-refractivity contribution is -0.132. The number of aromatic amines is 1. The highest BCUT2D eigenvalue weighted by molar-refractivity contribution is 7.16. The molecule has 0 atom stereocenters. The lowest BCUT2D eigenvalue weighted by Crippen LogP contribution is -2.33. The zero-order chi connectivity index (χ0) is 20.4. The number of fused-ring (bicyclic) bond motifs is 2. The summed E-state index contributed by atoms with van der Waals surface area (Å²) < 4.78 is 1.46. The van der Waals surface area contributed by atoms with Crippen LogP contribution in [0.1, 0.15) is 19.2 Å². The summed E-state index contributed by atoms with van der Waals surface area (Å²) in [6.45, 7) is 2.77. The minimum absolute atomic E-state index is 0.124. The summed E-state index contributed by atoms with van der Waals surface area (Å²) in [5.41, 5.74) is 0.222. The van der Waals surface area contributed by atoms with Gasteiger partial charge < -0.3 is 9.88 Å². The van der Waals surface area contributed by atoms with Gasteiger partial charge in [0.2, 0.25) is 5.91 Å². The molecule has 0 saturated carbocycles. The number of H-pyrrole nitrogens is 1. The van der Waals surface area contributed by atoms with E-state index in [2.05, 4.69) is 15.0 Å². The number of nitrogens with one attached hydrogen (secondary N) is 1. The summed E-state index contributed by atoms with van der Waals surface area (Å²) in [7, 11) is 0. The molecule has 1 aromatic carbocycles. The number of hydrogen-bond acceptors (Lipinski definition) is 6. The zero-order valence-electron chi connectivity index (χ0n) is 15.8. The summed E-state index contributed by atoms with van der Waals surface area (Å²) in [4.78, 5) is 51.1. The van der Waals surface area contributed by atoms with Crippen molar-refractivity contribution in [1.82, 2.24) is 24.4 Å². The Balaban J connectivity index is 1.49. The minimum atomic E-state index is -0.226. The van der Waals surface area contributed by atoms with Crippen LogP contribution >= 0.6 is 11.3 Å². The maximum Gasteiger partial charge on any atom is 0.262 e. The molecule has 0 bridgehead atoms. The van der Waals surface area contributed by atoms with Crippen molar-refractivity contribution in [3.8, 4) is 0 Å². The Morgan fingerprint density at radius 2 is 2.03 bits per heavy atom. The molecule has 0 radical (unpaired) electrons. The topological polar surface area (TPSA) is 101 Å². The molecule has 0 spiro atoms. The van der Waals surface area contributed by atoms with Gasteiger partial charge in [-0.1, -0.05) is 12.1 Å². The zero-order valence-corrected chi connectivity index (χ0v) is 16.6. The van der Waals surface area contributed by atoms with Crippen LogP contribution in [0.4, 0.5) is 0 Å². The van der Waals surface area contributed by atoms with E-state index >= 15 is 0 Å². The van der Waals surface area contributed by atoms with Crippen LogP contribution in [0, 0.1) is 0 Å². The molecule has 0 unspecified atom stereocenters. The Hall–Kier alpha value is -3.33. The average molecular weight is 409 g/mol. The number of para-hydroxylation sites is 1. The van der Waals surface area contributed by atoms with Gasteiger partial charge in [-0.25, -0.2) is 9.97 Å². The lowest BCUT2D eigenvalue weighted by atomic mass is 10.2. The first kappa shape index (κ1) is 19.0. The van der Waals surface area contributed by atoms with Crippen molar-refractivity contribution in [3.63, 3.8) is 0 Å². The van der Waals surface area contributed by atoms with Crippen molar-refractivity contribution in [3.05, 3.63) is 68.6 Å². The standard InChI is InChI=1S/C20H19N5O3S/c1-2-24(11-16-22-15-6-4-3-5-13(15)18(27)23-16)17(26)7-9-25-12-21-19-14(20(25)28)8-10-29-19/h3-6,8,10,12H,2,7,9,11H2,1H3,(H,22,23,27). The molecule has 9 heteroatoms. The van der Waals surface area contributed by atoms with E-state index in [1.165, 1.54) is 22.2 Å². The van der Waals surface area contributed by atoms with Gasteiger partial charge in [0.1, 0.15) is 10.7 Å². The number of amides is 1. The van der Waals surface area contributed by atoms with Crippen LogP contribution in [-0.2, 0) is 17.9 Å². The highest BCUT2D eigenvalue weighted by Crippen LogP contribution is 2.13. The normalized spacial score (nSPS) is 11.2. The number of hydrogen-bond donors (Lipinski definition) is 1. The molecule has 0 aliphatic heterocycles. The van der Waals surface area contributed by atoms with Gasteiger partial charge in [-0.15, -0.1) is 11.3 Å². The first-order valence-electron chi connectivity index (χ1n) is 9.25. The van der Waals surface area contributed by atoms with Crippen molar-refractivity contribution in [2.45, 2.75) is 26.4 Å². The summed E-state index contributed by atoms with van der Waals surface area (Å²) in [6, 6.07) is 8.83. The molecule has 4 aromatic rings. The number of aromatic nitrogens is 4. The summed E-state index contributed by atoms with van der Waals surface area (Å²) in [5.74, 6) is 0.308. The highest BCUT2D eigenvalue weighted by atomic mass is 32.1. The van der Waals surface area contributed by atoms with Crippen molar-refractivity contribution < 1.29 is 4.79 Å². The Morgan fingerprint density at radius 3 is 2.86 bits per heavy atom. The smallest absolute Gasteiger partial charge is 0.262 e. The molecule has 8 nitrogen and oxygen atoms in total. The van der Waals surface area contributed by atoms with E-state index < -0.39 is 0 Å². The first-order chi connectivity index (χ1) is 14.1. The van der Waals surface area contributed by atoms with E-state index in [-0.39, 0.29) is 36.5 Å². The Bertz CT molecular complexity index is 1310. The summed E-state index contributed by atoms with van der Waals surface area (Å²) in [5, 5.41) is 2.90. The fourth-order valence-corrected chi connectivity index (χ4v) is 3.92. The molecule has 1 N–H and O–H groups in total. The molecule has 3 aromatic heterocycles. The third kappa shape index (κ3) is 3.81. The fraction of sp³-hybridized carbons (Fsp3) is 0.250. The van der Waals surface area contributed by atoms with Crippen molar-refractivity contribution >= 4 is 38.4 Å². The summed E-state index contributed by atoms with van der Waals surface area (Å²) in [6.07, 6.45) is 1.63. The van der Waals surface area contributed by atoms with Crippen molar-refractivity contribution in [2.75, 3.05) is 6.54 Å². The van der Waals surface area contributed by atoms with Gasteiger partial charge in [-0.2, -0.15) is 0 Å².